The van der Waals surface area contributed by atoms with Crippen molar-refractivity contribution in [2.24, 2.45) is 5.92 Å². The van der Waals surface area contributed by atoms with E-state index in [1.54, 1.807) is 6.92 Å². The summed E-state index contributed by atoms with van der Waals surface area (Å²) in [4.78, 5) is 23.9. The number of sulfonamides is 1. The zero-order valence-electron chi connectivity index (χ0n) is 15.3. The molecular formula is C18H20N4O5S. The molecule has 148 valence electrons. The van der Waals surface area contributed by atoms with Crippen molar-refractivity contribution in [2.45, 2.75) is 36.6 Å². The summed E-state index contributed by atoms with van der Waals surface area (Å²) < 4.78 is 31.2. The third-order valence-electron chi connectivity index (χ3n) is 4.29. The van der Waals surface area contributed by atoms with Crippen LogP contribution in [0.2, 0.25) is 0 Å². The topological polar surface area (TPSA) is 149 Å². The van der Waals surface area contributed by atoms with Gasteiger partial charge in [0.1, 0.15) is 5.54 Å². The number of carbonyl (C=O) groups is 2. The molecular weight excluding hydrogens is 384 g/mol. The monoisotopic (exact) mass is 404 g/mol. The smallest absolute Gasteiger partial charge is 0.338 e. The van der Waals surface area contributed by atoms with Gasteiger partial charge < -0.3 is 10.1 Å². The van der Waals surface area contributed by atoms with Crippen LogP contribution in [0, 0.1) is 28.6 Å². The number of amides is 1. The number of hydrogen-bond donors (Lipinski definition) is 2. The van der Waals surface area contributed by atoms with Crippen molar-refractivity contribution >= 4 is 21.9 Å². The average molecular weight is 404 g/mol. The number of nitrogens with one attached hydrogen (secondary N) is 2. The van der Waals surface area contributed by atoms with Crippen LogP contribution in [0.15, 0.2) is 29.2 Å². The first-order valence-corrected chi connectivity index (χ1v) is 10.1. The molecule has 2 N–H and O–H groups in total. The van der Waals surface area contributed by atoms with Crippen molar-refractivity contribution in [2.75, 3.05) is 13.2 Å². The van der Waals surface area contributed by atoms with Crippen LogP contribution in [-0.2, 0) is 19.6 Å². The second-order valence-corrected chi connectivity index (χ2v) is 8.31. The van der Waals surface area contributed by atoms with E-state index >= 15 is 0 Å². The summed E-state index contributed by atoms with van der Waals surface area (Å²) in [7, 11) is -3.77. The number of hydrogen-bond acceptors (Lipinski definition) is 7. The molecule has 0 bridgehead atoms. The van der Waals surface area contributed by atoms with Crippen molar-refractivity contribution in [3.63, 3.8) is 0 Å². The van der Waals surface area contributed by atoms with Crippen molar-refractivity contribution < 1.29 is 22.7 Å². The molecule has 1 aromatic carbocycles. The standard InChI is InChI=1S/C18H20N4O5S/c1-18(12-20,14-5-6-14)22-16(23)11-27-17(24)13-3-7-15(8-4-13)28(25,26)21-10-2-9-19/h3-4,7-8,14,21H,2,5-6,10-11H2,1H3,(H,22,23). The first-order valence-electron chi connectivity index (χ1n) is 8.58. The van der Waals surface area contributed by atoms with E-state index in [9.17, 15) is 23.3 Å². The first kappa shape index (κ1) is 21.4. The highest BCUT2D eigenvalue weighted by molar-refractivity contribution is 7.89. The van der Waals surface area contributed by atoms with E-state index in [1.165, 1.54) is 24.3 Å². The molecule has 0 aliphatic heterocycles. The molecule has 1 aliphatic rings. The molecule has 0 radical (unpaired) electrons. The van der Waals surface area contributed by atoms with Crippen LogP contribution < -0.4 is 10.0 Å². The highest BCUT2D eigenvalue weighted by Crippen LogP contribution is 2.39. The van der Waals surface area contributed by atoms with Crippen LogP contribution in [0.4, 0.5) is 0 Å². The fourth-order valence-electron chi connectivity index (χ4n) is 2.52. The lowest BCUT2D eigenvalue weighted by atomic mass is 9.98. The number of nitrogens with zero attached hydrogens (tertiary/aromatic N) is 2. The van der Waals surface area contributed by atoms with Crippen molar-refractivity contribution in [3.05, 3.63) is 29.8 Å². The Morgan fingerprint density at radius 1 is 1.25 bits per heavy atom. The highest BCUT2D eigenvalue weighted by Gasteiger charge is 2.43. The van der Waals surface area contributed by atoms with Crippen LogP contribution >= 0.6 is 0 Å². The summed E-state index contributed by atoms with van der Waals surface area (Å²) in [5.41, 5.74) is -0.896. The van der Waals surface area contributed by atoms with Crippen LogP contribution in [0.5, 0.6) is 0 Å². The number of esters is 1. The second kappa shape index (κ2) is 8.83. The molecule has 1 unspecified atom stereocenters. The molecule has 28 heavy (non-hydrogen) atoms. The van der Waals surface area contributed by atoms with Crippen LogP contribution in [0.25, 0.3) is 0 Å². The summed E-state index contributed by atoms with van der Waals surface area (Å²) in [6.45, 7) is 1.08. The maximum Gasteiger partial charge on any atom is 0.338 e. The predicted octanol–water partition coefficient (Wildman–Crippen LogP) is 0.844. The van der Waals surface area contributed by atoms with Gasteiger partial charge in [0.15, 0.2) is 6.61 Å². The minimum atomic E-state index is -3.77. The molecule has 0 heterocycles. The minimum absolute atomic E-state index is 0.0137. The molecule has 0 saturated heterocycles. The van der Waals surface area contributed by atoms with Gasteiger partial charge in [-0.1, -0.05) is 0 Å². The molecule has 0 aromatic heterocycles. The Labute approximate surface area is 163 Å². The van der Waals surface area contributed by atoms with Gasteiger partial charge in [-0.25, -0.2) is 17.9 Å². The Balaban J connectivity index is 1.90. The Hall–Kier alpha value is -2.95. The van der Waals surface area contributed by atoms with Gasteiger partial charge in [0.25, 0.3) is 5.91 Å². The van der Waals surface area contributed by atoms with Gasteiger partial charge in [-0.2, -0.15) is 10.5 Å². The van der Waals surface area contributed by atoms with Gasteiger partial charge in [-0.05, 0) is 49.9 Å². The van der Waals surface area contributed by atoms with E-state index < -0.39 is 34.0 Å². The number of benzene rings is 1. The van der Waals surface area contributed by atoms with E-state index in [1.807, 2.05) is 6.07 Å². The van der Waals surface area contributed by atoms with Crippen molar-refractivity contribution in [1.29, 1.82) is 10.5 Å². The average Bonchev–Trinajstić information content (AvgIpc) is 3.52. The fourth-order valence-corrected chi connectivity index (χ4v) is 3.55. The maximum atomic E-state index is 12.0. The minimum Gasteiger partial charge on any atom is -0.452 e. The van der Waals surface area contributed by atoms with Crippen LogP contribution in [0.1, 0.15) is 36.5 Å². The SMILES string of the molecule is CC(C#N)(NC(=O)COC(=O)c1ccc(S(=O)(=O)NCCC#N)cc1)C1CC1. The number of rotatable bonds is 9. The zero-order chi connectivity index (χ0) is 20.8. The van der Waals surface area contributed by atoms with Crippen molar-refractivity contribution in [3.8, 4) is 12.1 Å². The molecule has 1 atom stereocenters. The molecule has 10 heteroatoms. The normalized spacial score (nSPS) is 15.5. The Bertz CT molecular complexity index is 926. The summed E-state index contributed by atoms with van der Waals surface area (Å²) in [6.07, 6.45) is 1.77. The number of carbonyl (C=O) groups excluding carboxylic acids is 2. The molecule has 1 amide bonds. The van der Waals surface area contributed by atoms with E-state index in [0.29, 0.717) is 0 Å². The summed E-state index contributed by atoms with van der Waals surface area (Å²) in [5.74, 6) is -1.26. The zero-order valence-corrected chi connectivity index (χ0v) is 16.1. The molecule has 0 spiro atoms. The molecule has 1 saturated carbocycles. The van der Waals surface area contributed by atoms with E-state index in [4.69, 9.17) is 10.00 Å². The number of nitriles is 2. The molecule has 1 aromatic rings. The summed E-state index contributed by atoms with van der Waals surface area (Å²) >= 11 is 0. The third kappa shape index (κ3) is 5.52. The summed E-state index contributed by atoms with van der Waals surface area (Å²) in [6, 6.07) is 8.89. The lowest BCUT2D eigenvalue weighted by Crippen LogP contribution is -2.48. The lowest BCUT2D eigenvalue weighted by Gasteiger charge is -2.22. The Morgan fingerprint density at radius 2 is 1.89 bits per heavy atom. The Kier molecular flexibility index (Phi) is 6.73. The first-order chi connectivity index (χ1) is 13.2. The van der Waals surface area contributed by atoms with Gasteiger partial charge in [0.05, 0.1) is 22.6 Å². The van der Waals surface area contributed by atoms with Crippen LogP contribution in [-0.4, -0.2) is 39.0 Å². The number of ether oxygens (including phenoxy) is 1. The maximum absolute atomic E-state index is 12.0. The van der Waals surface area contributed by atoms with Gasteiger partial charge in [0.2, 0.25) is 10.0 Å². The third-order valence-corrected chi connectivity index (χ3v) is 5.77. The second-order valence-electron chi connectivity index (χ2n) is 6.54. The molecule has 1 aliphatic carbocycles. The Morgan fingerprint density at radius 3 is 2.43 bits per heavy atom. The van der Waals surface area contributed by atoms with Gasteiger partial charge in [0, 0.05) is 13.0 Å². The molecule has 1 fully saturated rings. The van der Waals surface area contributed by atoms with Gasteiger partial charge in [-0.15, -0.1) is 0 Å². The quantitative estimate of drug-likeness (QED) is 0.457. The molecule has 2 rings (SSSR count). The summed E-state index contributed by atoms with van der Waals surface area (Å²) in [5, 5.41) is 20.2. The van der Waals surface area contributed by atoms with E-state index in [-0.39, 0.29) is 29.3 Å². The molecule has 9 nitrogen and oxygen atoms in total. The largest absolute Gasteiger partial charge is 0.452 e. The van der Waals surface area contributed by atoms with Gasteiger partial charge in [-0.3, -0.25) is 4.79 Å². The van der Waals surface area contributed by atoms with Gasteiger partial charge >= 0.3 is 5.97 Å². The van der Waals surface area contributed by atoms with Crippen molar-refractivity contribution in [1.82, 2.24) is 10.0 Å². The lowest BCUT2D eigenvalue weighted by molar-refractivity contribution is -0.125. The predicted molar refractivity (Wildman–Crippen MR) is 97.0 cm³/mol. The fraction of sp³-hybridized carbons (Fsp3) is 0.444. The van der Waals surface area contributed by atoms with Crippen LogP contribution in [0.3, 0.4) is 0 Å². The van der Waals surface area contributed by atoms with E-state index in [2.05, 4.69) is 16.1 Å². The van der Waals surface area contributed by atoms with E-state index in [0.717, 1.165) is 12.8 Å². The highest BCUT2D eigenvalue weighted by atomic mass is 32.2.